The molecular weight excluding hydrogens is 420 g/mol. The van der Waals surface area contributed by atoms with Gasteiger partial charge in [0.15, 0.2) is 16.6 Å². The Balaban J connectivity index is 1.33. The first-order chi connectivity index (χ1) is 15.8. The van der Waals surface area contributed by atoms with Gasteiger partial charge >= 0.3 is 0 Å². The molecule has 2 N–H and O–H groups in total. The molecule has 1 aromatic carbocycles. The molecule has 1 saturated carbocycles. The van der Waals surface area contributed by atoms with Crippen molar-refractivity contribution in [1.82, 2.24) is 24.9 Å². The van der Waals surface area contributed by atoms with Crippen LogP contribution in [-0.2, 0) is 11.2 Å². The number of thioether (sulfide) groups is 1. The Bertz CT molecular complexity index is 1070. The summed E-state index contributed by atoms with van der Waals surface area (Å²) in [6.07, 6.45) is 10.8. The highest BCUT2D eigenvalue weighted by Gasteiger charge is 2.19. The summed E-state index contributed by atoms with van der Waals surface area (Å²) in [5.41, 5.74) is 1.74. The molecule has 1 saturated heterocycles. The first-order valence-electron chi connectivity index (χ1n) is 12.2. The van der Waals surface area contributed by atoms with Crippen molar-refractivity contribution in [2.75, 3.05) is 25.4 Å². The topological polar surface area (TPSA) is 76.6 Å². The van der Waals surface area contributed by atoms with E-state index in [2.05, 4.69) is 11.4 Å². The lowest BCUT2D eigenvalue weighted by Gasteiger charge is -2.22. The Morgan fingerprint density at radius 2 is 1.84 bits per heavy atom. The molecule has 2 aliphatic rings. The lowest BCUT2D eigenvalue weighted by molar-refractivity contribution is -0.904. The minimum absolute atomic E-state index is 0.0824. The molecule has 170 valence electrons. The maximum Gasteiger partial charge on any atom is 0.230 e. The SMILES string of the molecule is O=C(CSc1nc2ccccc2c2nc(CC[NH+]3CCCCC3)nn12)NC1CCCCC1. The average molecular weight is 454 g/mol. The third-order valence-electron chi connectivity index (χ3n) is 6.76. The van der Waals surface area contributed by atoms with Crippen molar-refractivity contribution in [3.05, 3.63) is 30.1 Å². The molecule has 0 spiro atoms. The number of likely N-dealkylation sites (tertiary alicyclic amines) is 1. The van der Waals surface area contributed by atoms with Gasteiger partial charge in [-0.3, -0.25) is 4.79 Å². The highest BCUT2D eigenvalue weighted by atomic mass is 32.2. The Hall–Kier alpha value is -2.19. The van der Waals surface area contributed by atoms with Gasteiger partial charge in [0.25, 0.3) is 0 Å². The van der Waals surface area contributed by atoms with Gasteiger partial charge in [-0.05, 0) is 44.2 Å². The van der Waals surface area contributed by atoms with E-state index in [1.165, 1.54) is 63.4 Å². The number of nitrogens with one attached hydrogen (secondary N) is 2. The van der Waals surface area contributed by atoms with Crippen LogP contribution < -0.4 is 10.2 Å². The minimum Gasteiger partial charge on any atom is -0.353 e. The predicted octanol–water partition coefficient (Wildman–Crippen LogP) is 2.43. The Labute approximate surface area is 193 Å². The summed E-state index contributed by atoms with van der Waals surface area (Å²) >= 11 is 1.45. The summed E-state index contributed by atoms with van der Waals surface area (Å²) in [6, 6.07) is 8.40. The standard InChI is InChI=1S/C24H32N6OS/c31-22(25-18-9-3-1-4-10-18)17-32-24-26-20-12-6-5-11-19(20)23-27-21(28-30(23)24)13-16-29-14-7-2-8-15-29/h5-6,11-12,18H,1-4,7-10,13-17H2,(H,25,31)/p+1. The minimum atomic E-state index is 0.0824. The third kappa shape index (κ3) is 5.07. The van der Waals surface area contributed by atoms with E-state index in [4.69, 9.17) is 15.1 Å². The fourth-order valence-electron chi connectivity index (χ4n) is 5.01. The van der Waals surface area contributed by atoms with E-state index in [-0.39, 0.29) is 5.91 Å². The Morgan fingerprint density at radius 1 is 1.06 bits per heavy atom. The van der Waals surface area contributed by atoms with Gasteiger partial charge in [0.05, 0.1) is 37.3 Å². The van der Waals surface area contributed by atoms with Crippen LogP contribution in [0.4, 0.5) is 0 Å². The smallest absolute Gasteiger partial charge is 0.230 e. The summed E-state index contributed by atoms with van der Waals surface area (Å²) in [4.78, 5) is 23.9. The Morgan fingerprint density at radius 3 is 2.69 bits per heavy atom. The number of fused-ring (bicyclic) bond motifs is 3. The molecule has 0 unspecified atom stereocenters. The fourth-order valence-corrected chi connectivity index (χ4v) is 5.77. The zero-order chi connectivity index (χ0) is 21.8. The molecule has 5 rings (SSSR count). The van der Waals surface area contributed by atoms with Crippen molar-refractivity contribution >= 4 is 34.2 Å². The van der Waals surface area contributed by atoms with Gasteiger partial charge in [-0.2, -0.15) is 4.52 Å². The van der Waals surface area contributed by atoms with Crippen LogP contribution in [0.2, 0.25) is 0 Å². The molecule has 0 radical (unpaired) electrons. The van der Waals surface area contributed by atoms with Gasteiger partial charge < -0.3 is 10.2 Å². The number of benzene rings is 1. The van der Waals surface area contributed by atoms with Crippen LogP contribution in [-0.4, -0.2) is 56.9 Å². The molecule has 3 aromatic rings. The number of hydrogen-bond donors (Lipinski definition) is 2. The molecule has 32 heavy (non-hydrogen) atoms. The monoisotopic (exact) mass is 453 g/mol. The van der Waals surface area contributed by atoms with Crippen molar-refractivity contribution in [3.8, 4) is 0 Å². The molecule has 7 nitrogen and oxygen atoms in total. The summed E-state index contributed by atoms with van der Waals surface area (Å²) in [6.45, 7) is 3.60. The second-order valence-electron chi connectivity index (χ2n) is 9.18. The third-order valence-corrected chi connectivity index (χ3v) is 7.69. The predicted molar refractivity (Wildman–Crippen MR) is 127 cm³/mol. The molecule has 3 heterocycles. The van der Waals surface area contributed by atoms with Gasteiger partial charge in [0.1, 0.15) is 0 Å². The van der Waals surface area contributed by atoms with Crippen molar-refractivity contribution in [2.24, 2.45) is 0 Å². The number of quaternary nitrogens is 1. The van der Waals surface area contributed by atoms with E-state index in [0.717, 1.165) is 53.3 Å². The normalized spacial score (nSPS) is 18.4. The quantitative estimate of drug-likeness (QED) is 0.424. The molecule has 0 atom stereocenters. The zero-order valence-corrected chi connectivity index (χ0v) is 19.5. The maximum atomic E-state index is 12.6. The fraction of sp³-hybridized carbons (Fsp3) is 0.583. The van der Waals surface area contributed by atoms with E-state index < -0.39 is 0 Å². The number of rotatable bonds is 7. The second-order valence-corrected chi connectivity index (χ2v) is 10.1. The first-order valence-corrected chi connectivity index (χ1v) is 13.1. The van der Waals surface area contributed by atoms with Gasteiger partial charge in [-0.15, -0.1) is 5.10 Å². The summed E-state index contributed by atoms with van der Waals surface area (Å²) in [5, 5.41) is 9.76. The molecule has 1 amide bonds. The van der Waals surface area contributed by atoms with Crippen LogP contribution in [0.15, 0.2) is 29.4 Å². The number of amides is 1. The van der Waals surface area contributed by atoms with E-state index in [1.54, 1.807) is 4.90 Å². The zero-order valence-electron chi connectivity index (χ0n) is 18.7. The number of nitrogens with zero attached hydrogens (tertiary/aromatic N) is 4. The van der Waals surface area contributed by atoms with Crippen molar-refractivity contribution in [1.29, 1.82) is 0 Å². The largest absolute Gasteiger partial charge is 0.353 e. The number of hydrogen-bond acceptors (Lipinski definition) is 5. The van der Waals surface area contributed by atoms with Gasteiger partial charge in [0, 0.05) is 11.4 Å². The van der Waals surface area contributed by atoms with Gasteiger partial charge in [-0.25, -0.2) is 9.97 Å². The number of piperidine rings is 1. The van der Waals surface area contributed by atoms with Crippen LogP contribution in [0, 0.1) is 0 Å². The number of aromatic nitrogens is 4. The summed E-state index contributed by atoms with van der Waals surface area (Å²) < 4.78 is 1.85. The summed E-state index contributed by atoms with van der Waals surface area (Å²) in [7, 11) is 0. The highest BCUT2D eigenvalue weighted by Crippen LogP contribution is 2.24. The maximum absolute atomic E-state index is 12.6. The van der Waals surface area contributed by atoms with E-state index >= 15 is 0 Å². The highest BCUT2D eigenvalue weighted by molar-refractivity contribution is 7.99. The number of para-hydroxylation sites is 1. The number of carbonyl (C=O) groups excluding carboxylic acids is 1. The van der Waals surface area contributed by atoms with Gasteiger partial charge in [0.2, 0.25) is 5.91 Å². The van der Waals surface area contributed by atoms with Crippen molar-refractivity contribution < 1.29 is 9.69 Å². The molecule has 1 aliphatic carbocycles. The van der Waals surface area contributed by atoms with Crippen LogP contribution in [0.1, 0.15) is 57.2 Å². The van der Waals surface area contributed by atoms with Crippen molar-refractivity contribution in [3.63, 3.8) is 0 Å². The van der Waals surface area contributed by atoms with Crippen LogP contribution in [0.25, 0.3) is 16.6 Å². The molecule has 8 heteroatoms. The molecule has 1 aliphatic heterocycles. The van der Waals surface area contributed by atoms with E-state index in [1.807, 2.05) is 22.7 Å². The van der Waals surface area contributed by atoms with E-state index in [9.17, 15) is 4.79 Å². The molecular formula is C24H33N6OS+. The average Bonchev–Trinajstić information content (AvgIpc) is 3.27. The number of carbonyl (C=O) groups is 1. The lowest BCUT2D eigenvalue weighted by Crippen LogP contribution is -3.13. The van der Waals surface area contributed by atoms with Crippen LogP contribution in [0.3, 0.4) is 0 Å². The lowest BCUT2D eigenvalue weighted by atomic mass is 9.95. The molecule has 0 bridgehead atoms. The van der Waals surface area contributed by atoms with Gasteiger partial charge in [-0.1, -0.05) is 43.2 Å². The summed E-state index contributed by atoms with van der Waals surface area (Å²) in [5.74, 6) is 1.30. The Kier molecular flexibility index (Phi) is 6.88. The van der Waals surface area contributed by atoms with E-state index in [0.29, 0.717) is 11.8 Å². The van der Waals surface area contributed by atoms with Crippen LogP contribution >= 0.6 is 11.8 Å². The van der Waals surface area contributed by atoms with Crippen LogP contribution in [0.5, 0.6) is 0 Å². The molecule has 2 aromatic heterocycles. The first kappa shape index (κ1) is 21.6. The molecule has 2 fully saturated rings. The second kappa shape index (κ2) is 10.2. The van der Waals surface area contributed by atoms with Crippen molar-refractivity contribution in [2.45, 2.75) is 69.0 Å².